The fraction of sp³-hybridized carbons (Fsp3) is 0.235. The molecular weight excluding hydrogens is 319 g/mol. The van der Waals surface area contributed by atoms with Crippen LogP contribution >= 0.6 is 23.5 Å². The highest BCUT2D eigenvalue weighted by atomic mass is 32.2. The highest BCUT2D eigenvalue weighted by molar-refractivity contribution is 8.05. The van der Waals surface area contributed by atoms with E-state index in [1.54, 1.807) is 29.6 Å². The molecule has 0 N–H and O–H groups in total. The average Bonchev–Trinajstić information content (AvgIpc) is 2.50. The van der Waals surface area contributed by atoms with E-state index in [1.165, 1.54) is 13.0 Å². The maximum atomic E-state index is 13.3. The SMILES string of the molecule is CC(=O)OCC(C)c1ccc2c(c1)Sc1ccc(F)cc1S2. The Bertz CT molecular complexity index is 731. The zero-order chi connectivity index (χ0) is 15.7. The van der Waals surface area contributed by atoms with Gasteiger partial charge in [-0.1, -0.05) is 36.5 Å². The average molecular weight is 334 g/mol. The molecule has 0 aromatic heterocycles. The fourth-order valence-corrected chi connectivity index (χ4v) is 4.49. The number of halogens is 1. The van der Waals surface area contributed by atoms with Crippen molar-refractivity contribution in [1.82, 2.24) is 0 Å². The number of fused-ring (bicyclic) bond motifs is 2. The molecule has 3 rings (SSSR count). The predicted molar refractivity (Wildman–Crippen MR) is 86.1 cm³/mol. The van der Waals surface area contributed by atoms with Crippen LogP contribution in [0.1, 0.15) is 25.3 Å². The monoisotopic (exact) mass is 334 g/mol. The van der Waals surface area contributed by atoms with Crippen LogP contribution in [-0.2, 0) is 9.53 Å². The van der Waals surface area contributed by atoms with Crippen LogP contribution in [0.25, 0.3) is 0 Å². The first kappa shape index (κ1) is 15.4. The molecule has 1 aliphatic rings. The summed E-state index contributed by atoms with van der Waals surface area (Å²) in [5, 5.41) is 0. The molecule has 1 atom stereocenters. The molecular formula is C17H15FO2S2. The Morgan fingerprint density at radius 3 is 2.41 bits per heavy atom. The molecule has 0 saturated carbocycles. The number of rotatable bonds is 3. The topological polar surface area (TPSA) is 26.3 Å². The summed E-state index contributed by atoms with van der Waals surface area (Å²) in [5.41, 5.74) is 1.14. The molecule has 0 bridgehead atoms. The minimum Gasteiger partial charge on any atom is -0.465 e. The van der Waals surface area contributed by atoms with Gasteiger partial charge >= 0.3 is 5.97 Å². The zero-order valence-corrected chi connectivity index (χ0v) is 13.9. The van der Waals surface area contributed by atoms with Gasteiger partial charge in [0.15, 0.2) is 0 Å². The van der Waals surface area contributed by atoms with Crippen molar-refractivity contribution in [3.05, 3.63) is 47.8 Å². The lowest BCUT2D eigenvalue weighted by Crippen LogP contribution is -2.08. The Morgan fingerprint density at radius 2 is 1.73 bits per heavy atom. The van der Waals surface area contributed by atoms with Crippen molar-refractivity contribution in [3.8, 4) is 0 Å². The predicted octanol–water partition coefficient (Wildman–Crippen LogP) is 5.11. The molecule has 114 valence electrons. The summed E-state index contributed by atoms with van der Waals surface area (Å²) in [6, 6.07) is 11.1. The molecule has 5 heteroatoms. The number of esters is 1. The quantitative estimate of drug-likeness (QED) is 0.622. The van der Waals surface area contributed by atoms with E-state index in [-0.39, 0.29) is 17.7 Å². The number of hydrogen-bond acceptors (Lipinski definition) is 4. The number of ether oxygens (including phenoxy) is 1. The standard InChI is InChI=1S/C17H15FO2S2/c1-10(9-20-11(2)19)12-3-5-14-16(7-12)21-15-6-4-13(18)8-17(15)22-14/h3-8,10H,9H2,1-2H3. The van der Waals surface area contributed by atoms with Crippen LogP contribution in [0.4, 0.5) is 4.39 Å². The van der Waals surface area contributed by atoms with Crippen molar-refractivity contribution in [2.75, 3.05) is 6.61 Å². The third-order valence-electron chi connectivity index (χ3n) is 3.42. The third kappa shape index (κ3) is 3.31. The van der Waals surface area contributed by atoms with E-state index in [9.17, 15) is 9.18 Å². The van der Waals surface area contributed by atoms with E-state index in [2.05, 4.69) is 12.1 Å². The van der Waals surface area contributed by atoms with Crippen LogP contribution in [-0.4, -0.2) is 12.6 Å². The molecule has 2 nitrogen and oxygen atoms in total. The lowest BCUT2D eigenvalue weighted by molar-refractivity contribution is -0.141. The minimum atomic E-state index is -0.259. The van der Waals surface area contributed by atoms with Gasteiger partial charge in [0.1, 0.15) is 5.82 Å². The molecule has 0 spiro atoms. The Kier molecular flexibility index (Phi) is 4.45. The van der Waals surface area contributed by atoms with Gasteiger partial charge in [0.25, 0.3) is 0 Å². The second kappa shape index (κ2) is 6.34. The normalized spacial score (nSPS) is 14.0. The Balaban J connectivity index is 1.82. The van der Waals surface area contributed by atoms with Crippen LogP contribution < -0.4 is 0 Å². The Morgan fingerprint density at radius 1 is 1.09 bits per heavy atom. The molecule has 2 aromatic rings. The molecule has 0 aliphatic carbocycles. The maximum absolute atomic E-state index is 13.3. The van der Waals surface area contributed by atoms with E-state index >= 15 is 0 Å². The molecule has 0 fully saturated rings. The summed E-state index contributed by atoms with van der Waals surface area (Å²) < 4.78 is 18.4. The van der Waals surface area contributed by atoms with Gasteiger partial charge in [0.2, 0.25) is 0 Å². The summed E-state index contributed by atoms with van der Waals surface area (Å²) in [6.07, 6.45) is 0. The smallest absolute Gasteiger partial charge is 0.302 e. The van der Waals surface area contributed by atoms with Gasteiger partial charge in [-0.25, -0.2) is 4.39 Å². The van der Waals surface area contributed by atoms with Crippen molar-refractivity contribution >= 4 is 29.5 Å². The van der Waals surface area contributed by atoms with Crippen molar-refractivity contribution < 1.29 is 13.9 Å². The Labute approximate surface area is 137 Å². The fourth-order valence-electron chi connectivity index (χ4n) is 2.22. The van der Waals surface area contributed by atoms with Crippen molar-refractivity contribution in [1.29, 1.82) is 0 Å². The first-order chi connectivity index (χ1) is 10.5. The van der Waals surface area contributed by atoms with E-state index in [4.69, 9.17) is 4.74 Å². The Hall–Kier alpha value is -1.46. The van der Waals surface area contributed by atoms with Crippen LogP contribution in [0, 0.1) is 5.82 Å². The van der Waals surface area contributed by atoms with Crippen LogP contribution in [0.5, 0.6) is 0 Å². The van der Waals surface area contributed by atoms with E-state index in [1.807, 2.05) is 19.1 Å². The molecule has 0 radical (unpaired) electrons. The van der Waals surface area contributed by atoms with Crippen molar-refractivity contribution in [2.24, 2.45) is 0 Å². The van der Waals surface area contributed by atoms with E-state index < -0.39 is 0 Å². The summed E-state index contributed by atoms with van der Waals surface area (Å²) in [4.78, 5) is 15.2. The van der Waals surface area contributed by atoms with Crippen molar-refractivity contribution in [3.63, 3.8) is 0 Å². The van der Waals surface area contributed by atoms with Gasteiger partial charge in [-0.2, -0.15) is 0 Å². The highest BCUT2D eigenvalue weighted by Crippen LogP contribution is 2.49. The van der Waals surface area contributed by atoms with E-state index in [0.29, 0.717) is 6.61 Å². The van der Waals surface area contributed by atoms with Gasteiger partial charge in [0, 0.05) is 32.4 Å². The number of carbonyl (C=O) groups is 1. The third-order valence-corrected chi connectivity index (χ3v) is 5.94. The number of carbonyl (C=O) groups excluding carboxylic acids is 1. The van der Waals surface area contributed by atoms with Crippen LogP contribution in [0.2, 0.25) is 0 Å². The number of hydrogen-bond donors (Lipinski definition) is 0. The summed E-state index contributed by atoms with van der Waals surface area (Å²) in [6.45, 7) is 3.84. The van der Waals surface area contributed by atoms with E-state index in [0.717, 1.165) is 25.1 Å². The largest absolute Gasteiger partial charge is 0.465 e. The minimum absolute atomic E-state index is 0.148. The van der Waals surface area contributed by atoms with Gasteiger partial charge in [-0.15, -0.1) is 0 Å². The molecule has 0 amide bonds. The molecule has 1 aliphatic heterocycles. The summed E-state index contributed by atoms with van der Waals surface area (Å²) in [5.74, 6) is -0.318. The van der Waals surface area contributed by atoms with Gasteiger partial charge in [-0.05, 0) is 35.9 Å². The molecule has 1 heterocycles. The first-order valence-electron chi connectivity index (χ1n) is 6.95. The van der Waals surface area contributed by atoms with Gasteiger partial charge in [0.05, 0.1) is 6.61 Å². The van der Waals surface area contributed by atoms with Crippen LogP contribution in [0.3, 0.4) is 0 Å². The van der Waals surface area contributed by atoms with Gasteiger partial charge in [-0.3, -0.25) is 4.79 Å². The van der Waals surface area contributed by atoms with Gasteiger partial charge < -0.3 is 4.74 Å². The maximum Gasteiger partial charge on any atom is 0.302 e. The van der Waals surface area contributed by atoms with Crippen LogP contribution in [0.15, 0.2) is 56.0 Å². The molecule has 1 unspecified atom stereocenters. The first-order valence-corrected chi connectivity index (χ1v) is 8.59. The zero-order valence-electron chi connectivity index (χ0n) is 12.3. The summed E-state index contributed by atoms with van der Waals surface area (Å²) >= 11 is 3.24. The molecule has 22 heavy (non-hydrogen) atoms. The van der Waals surface area contributed by atoms with Crippen molar-refractivity contribution in [2.45, 2.75) is 39.3 Å². The lowest BCUT2D eigenvalue weighted by atomic mass is 10.0. The molecule has 0 saturated heterocycles. The second-order valence-electron chi connectivity index (χ2n) is 5.20. The second-order valence-corrected chi connectivity index (χ2v) is 7.37. The highest BCUT2D eigenvalue weighted by Gasteiger charge is 2.19. The summed E-state index contributed by atoms with van der Waals surface area (Å²) in [7, 11) is 0. The molecule has 2 aromatic carbocycles. The number of benzene rings is 2. The lowest BCUT2D eigenvalue weighted by Gasteiger charge is -2.20.